The summed E-state index contributed by atoms with van der Waals surface area (Å²) in [4.78, 5) is 4.42. The van der Waals surface area contributed by atoms with E-state index in [-0.39, 0.29) is 11.5 Å². The zero-order valence-corrected chi connectivity index (χ0v) is 12.1. The highest BCUT2D eigenvalue weighted by Gasteiger charge is 2.17. The predicted molar refractivity (Wildman–Crippen MR) is 87.2 cm³/mol. The van der Waals surface area contributed by atoms with Crippen LogP contribution in [0.15, 0.2) is 67.0 Å². The van der Waals surface area contributed by atoms with Crippen molar-refractivity contribution >= 4 is 5.65 Å². The van der Waals surface area contributed by atoms with E-state index >= 15 is 0 Å². The number of phenolic OH excluding ortho intramolecular Hbond substituents is 2. The molecule has 0 aliphatic heterocycles. The van der Waals surface area contributed by atoms with Gasteiger partial charge >= 0.3 is 0 Å². The van der Waals surface area contributed by atoms with E-state index in [0.717, 1.165) is 28.0 Å². The molecule has 2 aromatic heterocycles. The Hall–Kier alpha value is -3.34. The van der Waals surface area contributed by atoms with Crippen LogP contribution < -0.4 is 0 Å². The molecule has 4 rings (SSSR count). The molecule has 0 bridgehead atoms. The van der Waals surface area contributed by atoms with Gasteiger partial charge in [0.2, 0.25) is 0 Å². The van der Waals surface area contributed by atoms with Gasteiger partial charge < -0.3 is 10.2 Å². The normalized spacial score (nSPS) is 11.0. The molecule has 5 nitrogen and oxygen atoms in total. The third-order valence-electron chi connectivity index (χ3n) is 3.67. The fourth-order valence-electron chi connectivity index (χ4n) is 2.64. The van der Waals surface area contributed by atoms with Gasteiger partial charge in [0.25, 0.3) is 0 Å². The first kappa shape index (κ1) is 13.3. The van der Waals surface area contributed by atoms with Crippen LogP contribution in [0.2, 0.25) is 0 Å². The third-order valence-corrected chi connectivity index (χ3v) is 3.67. The monoisotopic (exact) mass is 303 g/mol. The topological polar surface area (TPSA) is 70.7 Å². The SMILES string of the molecule is Oc1ccc(-c2c(-c3cccc(O)c3)nn3cccnc23)cc1. The maximum Gasteiger partial charge on any atom is 0.163 e. The lowest BCUT2D eigenvalue weighted by molar-refractivity contribution is 0.475. The van der Waals surface area contributed by atoms with Crippen LogP contribution in [0.3, 0.4) is 0 Å². The molecule has 0 radical (unpaired) electrons. The summed E-state index contributed by atoms with van der Waals surface area (Å²) < 4.78 is 1.71. The van der Waals surface area contributed by atoms with Crippen molar-refractivity contribution < 1.29 is 10.2 Å². The van der Waals surface area contributed by atoms with E-state index in [0.29, 0.717) is 0 Å². The fraction of sp³-hybridized carbons (Fsp3) is 0. The molecule has 0 atom stereocenters. The minimum absolute atomic E-state index is 0.184. The maximum absolute atomic E-state index is 9.76. The quantitative estimate of drug-likeness (QED) is 0.595. The van der Waals surface area contributed by atoms with Crippen molar-refractivity contribution in [3.8, 4) is 33.9 Å². The number of rotatable bonds is 2. The first-order chi connectivity index (χ1) is 11.2. The van der Waals surface area contributed by atoms with Crippen molar-refractivity contribution in [2.75, 3.05) is 0 Å². The predicted octanol–water partition coefficient (Wildman–Crippen LogP) is 3.47. The fourth-order valence-corrected chi connectivity index (χ4v) is 2.64. The Morgan fingerprint density at radius 2 is 1.65 bits per heavy atom. The second-order valence-corrected chi connectivity index (χ2v) is 5.21. The average molecular weight is 303 g/mol. The minimum atomic E-state index is 0.184. The van der Waals surface area contributed by atoms with Crippen molar-refractivity contribution in [1.29, 1.82) is 0 Å². The van der Waals surface area contributed by atoms with Crippen molar-refractivity contribution in [3.05, 3.63) is 67.0 Å². The summed E-state index contributed by atoms with van der Waals surface area (Å²) in [6, 6.07) is 15.7. The Kier molecular flexibility index (Phi) is 2.98. The number of benzene rings is 2. The summed E-state index contributed by atoms with van der Waals surface area (Å²) in [7, 11) is 0. The van der Waals surface area contributed by atoms with Crippen LogP contribution in [-0.2, 0) is 0 Å². The van der Waals surface area contributed by atoms with E-state index in [9.17, 15) is 10.2 Å². The van der Waals surface area contributed by atoms with Crippen molar-refractivity contribution in [1.82, 2.24) is 14.6 Å². The number of aromatic hydroxyl groups is 2. The summed E-state index contributed by atoms with van der Waals surface area (Å²) in [5.41, 5.74) is 4.01. The molecule has 5 heteroatoms. The Morgan fingerprint density at radius 3 is 2.43 bits per heavy atom. The van der Waals surface area contributed by atoms with Gasteiger partial charge in [-0.1, -0.05) is 24.3 Å². The molecule has 0 aliphatic carbocycles. The van der Waals surface area contributed by atoms with Gasteiger partial charge in [-0.2, -0.15) is 5.10 Å². The molecular weight excluding hydrogens is 290 g/mol. The first-order valence-electron chi connectivity index (χ1n) is 7.14. The highest BCUT2D eigenvalue weighted by molar-refractivity contribution is 5.90. The molecule has 0 saturated carbocycles. The van der Waals surface area contributed by atoms with Crippen LogP contribution >= 0.6 is 0 Å². The van der Waals surface area contributed by atoms with Crippen LogP contribution in [0.5, 0.6) is 11.5 Å². The highest BCUT2D eigenvalue weighted by atomic mass is 16.3. The standard InChI is InChI=1S/C18H13N3O2/c22-14-7-5-12(6-8-14)16-17(13-3-1-4-15(23)11-13)20-21-10-2-9-19-18(16)21/h1-11,22-23H. The average Bonchev–Trinajstić information content (AvgIpc) is 2.95. The summed E-state index contributed by atoms with van der Waals surface area (Å²) in [5.74, 6) is 0.390. The second kappa shape index (κ2) is 5.14. The third kappa shape index (κ3) is 2.28. The van der Waals surface area contributed by atoms with Gasteiger partial charge in [-0.15, -0.1) is 0 Å². The smallest absolute Gasteiger partial charge is 0.163 e. The van der Waals surface area contributed by atoms with Crippen molar-refractivity contribution in [2.45, 2.75) is 0 Å². The van der Waals surface area contributed by atoms with Crippen LogP contribution in [0.1, 0.15) is 0 Å². The van der Waals surface area contributed by atoms with Gasteiger partial charge in [-0.3, -0.25) is 0 Å². The molecule has 2 N–H and O–H groups in total. The molecule has 2 aromatic carbocycles. The van der Waals surface area contributed by atoms with Crippen LogP contribution in [0.4, 0.5) is 0 Å². The molecule has 0 saturated heterocycles. The number of fused-ring (bicyclic) bond motifs is 1. The van der Waals surface area contributed by atoms with E-state index in [1.165, 1.54) is 0 Å². The number of aromatic nitrogens is 3. The molecule has 0 unspecified atom stereocenters. The molecule has 2 heterocycles. The Bertz CT molecular complexity index is 991. The van der Waals surface area contributed by atoms with Crippen LogP contribution in [0, 0.1) is 0 Å². The number of hydrogen-bond donors (Lipinski definition) is 2. The lowest BCUT2D eigenvalue weighted by Gasteiger charge is -2.04. The van der Waals surface area contributed by atoms with E-state index < -0.39 is 0 Å². The highest BCUT2D eigenvalue weighted by Crippen LogP contribution is 2.35. The molecule has 0 fully saturated rings. The Morgan fingerprint density at radius 1 is 0.826 bits per heavy atom. The van der Waals surface area contributed by atoms with Gasteiger partial charge in [0.1, 0.15) is 17.2 Å². The number of phenols is 2. The molecule has 0 amide bonds. The van der Waals surface area contributed by atoms with Crippen molar-refractivity contribution in [2.24, 2.45) is 0 Å². The summed E-state index contributed by atoms with van der Waals surface area (Å²) in [6.45, 7) is 0. The first-order valence-corrected chi connectivity index (χ1v) is 7.14. The van der Waals surface area contributed by atoms with Crippen molar-refractivity contribution in [3.63, 3.8) is 0 Å². The molecule has 23 heavy (non-hydrogen) atoms. The Labute approximate surface area is 132 Å². The molecule has 0 aliphatic rings. The zero-order chi connectivity index (χ0) is 15.8. The second-order valence-electron chi connectivity index (χ2n) is 5.21. The molecule has 4 aromatic rings. The van der Waals surface area contributed by atoms with Crippen LogP contribution in [-0.4, -0.2) is 24.8 Å². The van der Waals surface area contributed by atoms with Gasteiger partial charge in [0, 0.05) is 18.0 Å². The minimum Gasteiger partial charge on any atom is -0.508 e. The van der Waals surface area contributed by atoms with E-state index in [2.05, 4.69) is 10.1 Å². The zero-order valence-electron chi connectivity index (χ0n) is 12.1. The van der Waals surface area contributed by atoms with Gasteiger partial charge in [-0.05, 0) is 35.9 Å². The molecular formula is C18H13N3O2. The molecule has 112 valence electrons. The van der Waals surface area contributed by atoms with Gasteiger partial charge in [0.15, 0.2) is 5.65 Å². The largest absolute Gasteiger partial charge is 0.508 e. The number of nitrogens with zero attached hydrogens (tertiary/aromatic N) is 3. The summed E-state index contributed by atoms with van der Waals surface area (Å²) in [5, 5.41) is 23.9. The summed E-state index contributed by atoms with van der Waals surface area (Å²) >= 11 is 0. The Balaban J connectivity index is 2.04. The lowest BCUT2D eigenvalue weighted by atomic mass is 10.0. The van der Waals surface area contributed by atoms with Gasteiger partial charge in [-0.25, -0.2) is 9.50 Å². The van der Waals surface area contributed by atoms with Gasteiger partial charge in [0.05, 0.1) is 5.56 Å². The van der Waals surface area contributed by atoms with E-state index in [1.54, 1.807) is 41.0 Å². The van der Waals surface area contributed by atoms with E-state index in [1.807, 2.05) is 30.5 Å². The van der Waals surface area contributed by atoms with E-state index in [4.69, 9.17) is 0 Å². The number of hydrogen-bond acceptors (Lipinski definition) is 4. The lowest BCUT2D eigenvalue weighted by Crippen LogP contribution is -1.87. The molecule has 0 spiro atoms. The maximum atomic E-state index is 9.76. The summed E-state index contributed by atoms with van der Waals surface area (Å²) in [6.07, 6.45) is 3.55. The van der Waals surface area contributed by atoms with Crippen LogP contribution in [0.25, 0.3) is 28.0 Å².